The maximum Gasteiger partial charge on any atom is 0.241 e. The van der Waals surface area contributed by atoms with E-state index in [1.807, 2.05) is 0 Å². The zero-order valence-corrected chi connectivity index (χ0v) is 13.8. The molecule has 0 aromatic rings. The molecule has 0 aliphatic carbocycles. The molecule has 21 heavy (non-hydrogen) atoms. The van der Waals surface area contributed by atoms with E-state index in [1.54, 1.807) is 0 Å². The number of hydrogen-bond donors (Lipinski definition) is 1. The van der Waals surface area contributed by atoms with Gasteiger partial charge in [0, 0.05) is 26.2 Å². The summed E-state index contributed by atoms with van der Waals surface area (Å²) in [5, 5.41) is 3.50. The monoisotopic (exact) mass is 297 g/mol. The van der Waals surface area contributed by atoms with Gasteiger partial charge in [0.25, 0.3) is 0 Å². The van der Waals surface area contributed by atoms with Crippen LogP contribution < -0.4 is 5.32 Å². The van der Waals surface area contributed by atoms with Gasteiger partial charge in [-0.15, -0.1) is 0 Å². The van der Waals surface area contributed by atoms with E-state index < -0.39 is 0 Å². The van der Waals surface area contributed by atoms with Gasteiger partial charge in [-0.05, 0) is 25.2 Å². The molecule has 2 aliphatic heterocycles. The predicted octanol–water partition coefficient (Wildman–Crippen LogP) is 1.29. The molecule has 2 heterocycles. The third-order valence-electron chi connectivity index (χ3n) is 4.42. The standard InChI is InChI=1S/C16H31N3O2/c1-4-15-17-14(12-13(2)3)16(20)19(15)7-5-6-18-8-10-21-11-9-18/h13-15,17H,4-12H2,1-3H3. The van der Waals surface area contributed by atoms with Crippen LogP contribution in [0.1, 0.15) is 40.0 Å². The summed E-state index contributed by atoms with van der Waals surface area (Å²) in [6.07, 6.45) is 3.21. The zero-order chi connectivity index (χ0) is 15.2. The quantitative estimate of drug-likeness (QED) is 0.769. The molecule has 2 fully saturated rings. The van der Waals surface area contributed by atoms with Crippen molar-refractivity contribution in [3.05, 3.63) is 0 Å². The Morgan fingerprint density at radius 2 is 2.00 bits per heavy atom. The molecule has 122 valence electrons. The Morgan fingerprint density at radius 3 is 2.62 bits per heavy atom. The maximum atomic E-state index is 12.5. The lowest BCUT2D eigenvalue weighted by atomic mass is 10.0. The zero-order valence-electron chi connectivity index (χ0n) is 13.8. The van der Waals surface area contributed by atoms with Crippen LogP contribution in [0.5, 0.6) is 0 Å². The van der Waals surface area contributed by atoms with E-state index in [1.165, 1.54) is 0 Å². The fourth-order valence-electron chi connectivity index (χ4n) is 3.28. The van der Waals surface area contributed by atoms with Gasteiger partial charge >= 0.3 is 0 Å². The highest BCUT2D eigenvalue weighted by Crippen LogP contribution is 2.19. The summed E-state index contributed by atoms with van der Waals surface area (Å²) in [7, 11) is 0. The van der Waals surface area contributed by atoms with Crippen molar-refractivity contribution in [1.82, 2.24) is 15.1 Å². The molecule has 0 aromatic heterocycles. The van der Waals surface area contributed by atoms with Gasteiger partial charge in [-0.1, -0.05) is 20.8 Å². The van der Waals surface area contributed by atoms with Crippen molar-refractivity contribution in [2.45, 2.75) is 52.2 Å². The summed E-state index contributed by atoms with van der Waals surface area (Å²) >= 11 is 0. The second-order valence-corrected chi connectivity index (χ2v) is 6.61. The first-order chi connectivity index (χ1) is 10.1. The number of carbonyl (C=O) groups excluding carboxylic acids is 1. The molecule has 1 N–H and O–H groups in total. The summed E-state index contributed by atoms with van der Waals surface area (Å²) in [5.74, 6) is 0.856. The molecule has 2 aliphatic rings. The molecule has 2 unspecified atom stereocenters. The van der Waals surface area contributed by atoms with Crippen molar-refractivity contribution in [3.8, 4) is 0 Å². The molecule has 2 rings (SSSR count). The van der Waals surface area contributed by atoms with Crippen LogP contribution in [-0.4, -0.2) is 67.3 Å². The molecule has 0 radical (unpaired) electrons. The maximum absolute atomic E-state index is 12.5. The minimum atomic E-state index is 0.0262. The Kier molecular flexibility index (Phi) is 6.45. The average Bonchev–Trinajstić information content (AvgIpc) is 2.76. The Bertz CT molecular complexity index is 329. The van der Waals surface area contributed by atoms with Crippen molar-refractivity contribution < 1.29 is 9.53 Å². The highest BCUT2D eigenvalue weighted by Gasteiger charge is 2.37. The summed E-state index contributed by atoms with van der Waals surface area (Å²) in [6, 6.07) is 0.0262. The second-order valence-electron chi connectivity index (χ2n) is 6.61. The molecule has 2 saturated heterocycles. The third kappa shape index (κ3) is 4.66. The molecule has 1 amide bonds. The fourth-order valence-corrected chi connectivity index (χ4v) is 3.28. The Hall–Kier alpha value is -0.650. The van der Waals surface area contributed by atoms with Crippen LogP contribution >= 0.6 is 0 Å². The lowest BCUT2D eigenvalue weighted by Crippen LogP contribution is -2.41. The lowest BCUT2D eigenvalue weighted by molar-refractivity contribution is -0.130. The van der Waals surface area contributed by atoms with E-state index in [4.69, 9.17) is 4.74 Å². The molecule has 0 spiro atoms. The van der Waals surface area contributed by atoms with E-state index in [2.05, 4.69) is 35.9 Å². The van der Waals surface area contributed by atoms with Crippen LogP contribution in [0.25, 0.3) is 0 Å². The minimum absolute atomic E-state index is 0.0262. The van der Waals surface area contributed by atoms with Crippen LogP contribution in [0.15, 0.2) is 0 Å². The van der Waals surface area contributed by atoms with Crippen molar-refractivity contribution in [3.63, 3.8) is 0 Å². The molecule has 0 saturated carbocycles. The van der Waals surface area contributed by atoms with Gasteiger partial charge in [-0.25, -0.2) is 0 Å². The smallest absolute Gasteiger partial charge is 0.241 e. The Labute approximate surface area is 129 Å². The number of carbonyl (C=O) groups is 1. The van der Waals surface area contributed by atoms with Gasteiger partial charge in [0.15, 0.2) is 0 Å². The second kappa shape index (κ2) is 8.11. The van der Waals surface area contributed by atoms with E-state index >= 15 is 0 Å². The molecular formula is C16H31N3O2. The van der Waals surface area contributed by atoms with E-state index in [-0.39, 0.29) is 12.2 Å². The van der Waals surface area contributed by atoms with Gasteiger partial charge in [0.2, 0.25) is 5.91 Å². The lowest BCUT2D eigenvalue weighted by Gasteiger charge is -2.28. The topological polar surface area (TPSA) is 44.8 Å². The fraction of sp³-hybridized carbons (Fsp3) is 0.938. The first kappa shape index (κ1) is 16.7. The summed E-state index contributed by atoms with van der Waals surface area (Å²) in [5.41, 5.74) is 0. The van der Waals surface area contributed by atoms with Crippen LogP contribution in [-0.2, 0) is 9.53 Å². The highest BCUT2D eigenvalue weighted by atomic mass is 16.5. The Balaban J connectivity index is 1.78. The predicted molar refractivity (Wildman–Crippen MR) is 84.0 cm³/mol. The van der Waals surface area contributed by atoms with Gasteiger partial charge in [-0.3, -0.25) is 15.0 Å². The summed E-state index contributed by atoms with van der Waals surface area (Å²) < 4.78 is 5.37. The number of ether oxygens (including phenoxy) is 1. The van der Waals surface area contributed by atoms with Crippen LogP contribution in [0.4, 0.5) is 0 Å². The molecule has 5 nitrogen and oxygen atoms in total. The van der Waals surface area contributed by atoms with Gasteiger partial charge in [-0.2, -0.15) is 0 Å². The number of hydrogen-bond acceptors (Lipinski definition) is 4. The number of amides is 1. The van der Waals surface area contributed by atoms with Crippen molar-refractivity contribution in [1.29, 1.82) is 0 Å². The highest BCUT2D eigenvalue weighted by molar-refractivity contribution is 5.84. The van der Waals surface area contributed by atoms with Crippen molar-refractivity contribution >= 4 is 5.91 Å². The molecule has 0 bridgehead atoms. The summed E-state index contributed by atoms with van der Waals surface area (Å²) in [6.45, 7) is 12.2. The van der Waals surface area contributed by atoms with Crippen LogP contribution in [0.2, 0.25) is 0 Å². The first-order valence-corrected chi connectivity index (χ1v) is 8.48. The molecule has 5 heteroatoms. The minimum Gasteiger partial charge on any atom is -0.379 e. The van der Waals surface area contributed by atoms with E-state index in [9.17, 15) is 4.79 Å². The number of nitrogens with zero attached hydrogens (tertiary/aromatic N) is 2. The van der Waals surface area contributed by atoms with Crippen molar-refractivity contribution in [2.75, 3.05) is 39.4 Å². The first-order valence-electron chi connectivity index (χ1n) is 8.48. The summed E-state index contributed by atoms with van der Waals surface area (Å²) in [4.78, 5) is 17.0. The van der Waals surface area contributed by atoms with Gasteiger partial charge in [0.1, 0.15) is 0 Å². The SMILES string of the molecule is CCC1NC(CC(C)C)C(=O)N1CCCN1CCOCC1. The molecule has 2 atom stereocenters. The van der Waals surface area contributed by atoms with E-state index in [0.717, 1.165) is 58.7 Å². The van der Waals surface area contributed by atoms with Crippen LogP contribution in [0.3, 0.4) is 0 Å². The normalized spacial score (nSPS) is 27.8. The molecule has 0 aromatic carbocycles. The van der Waals surface area contributed by atoms with Crippen LogP contribution in [0, 0.1) is 5.92 Å². The van der Waals surface area contributed by atoms with Gasteiger partial charge in [0.05, 0.1) is 25.4 Å². The van der Waals surface area contributed by atoms with Gasteiger partial charge < -0.3 is 9.64 Å². The number of morpholine rings is 1. The number of rotatable bonds is 7. The van der Waals surface area contributed by atoms with E-state index in [0.29, 0.717) is 11.8 Å². The number of nitrogens with one attached hydrogen (secondary N) is 1. The average molecular weight is 297 g/mol. The largest absolute Gasteiger partial charge is 0.379 e. The third-order valence-corrected chi connectivity index (χ3v) is 4.42. The van der Waals surface area contributed by atoms with Crippen molar-refractivity contribution in [2.24, 2.45) is 5.92 Å². The molecular weight excluding hydrogens is 266 g/mol. The Morgan fingerprint density at radius 1 is 1.29 bits per heavy atom.